The van der Waals surface area contributed by atoms with Crippen molar-refractivity contribution in [3.63, 3.8) is 0 Å². The highest BCUT2D eigenvalue weighted by Gasteiger charge is 2.35. The number of fused-ring (bicyclic) bond motifs is 1. The summed E-state index contributed by atoms with van der Waals surface area (Å²) < 4.78 is 30.3. The summed E-state index contributed by atoms with van der Waals surface area (Å²) in [4.78, 5) is 41.2. The summed E-state index contributed by atoms with van der Waals surface area (Å²) in [5.41, 5.74) is 3.52. The van der Waals surface area contributed by atoms with Crippen molar-refractivity contribution in [1.82, 2.24) is 20.6 Å². The number of aryl methyl sites for hydroxylation is 1. The molecule has 1 aromatic heterocycles. The Morgan fingerprint density at radius 3 is 2.27 bits per heavy atom. The largest absolute Gasteiger partial charge is 0.368 e. The Morgan fingerprint density at radius 2 is 1.59 bits per heavy atom. The van der Waals surface area contributed by atoms with Gasteiger partial charge in [-0.15, -0.1) is 0 Å². The number of hydrogen-bond acceptors (Lipinski definition) is 6. The summed E-state index contributed by atoms with van der Waals surface area (Å²) in [7, 11) is 0. The number of hydrogen-bond donors (Lipinski definition) is 2. The highest BCUT2D eigenvalue weighted by atomic mass is 19.1. The molecule has 11 heteroatoms. The molecule has 3 amide bonds. The van der Waals surface area contributed by atoms with Crippen LogP contribution in [0.3, 0.4) is 0 Å². The third-order valence-corrected chi connectivity index (χ3v) is 7.82. The standard InChI is InChI=1S/C33H33F2N7O2/c1-20(2)37-31(43)22-13-12-21(3)24(18-22)28-25-19-36-33(44)42(29-26(34)10-7-11-27(29)35)30(25)39-32(38-28)41-16-14-40(15-17-41)23-8-5-4-6-9-23/h4-13,18,20H,14-17,19H2,1-3H3,(H,36,44)(H,37,43). The van der Waals surface area contributed by atoms with Crippen LogP contribution >= 0.6 is 0 Å². The van der Waals surface area contributed by atoms with Crippen LogP contribution in [0.2, 0.25) is 0 Å². The van der Waals surface area contributed by atoms with Gasteiger partial charge in [0.05, 0.1) is 12.2 Å². The number of anilines is 4. The van der Waals surface area contributed by atoms with E-state index in [9.17, 15) is 9.59 Å². The van der Waals surface area contributed by atoms with Gasteiger partial charge in [-0.1, -0.05) is 30.3 Å². The highest BCUT2D eigenvalue weighted by Crippen LogP contribution is 2.40. The van der Waals surface area contributed by atoms with E-state index >= 15 is 8.78 Å². The van der Waals surface area contributed by atoms with Crippen LogP contribution in [0.25, 0.3) is 11.3 Å². The van der Waals surface area contributed by atoms with E-state index in [0.29, 0.717) is 54.5 Å². The Hall–Kier alpha value is -5.06. The van der Waals surface area contributed by atoms with Crippen LogP contribution in [0.1, 0.15) is 35.3 Å². The van der Waals surface area contributed by atoms with E-state index in [1.54, 1.807) is 12.1 Å². The van der Waals surface area contributed by atoms with Crippen molar-refractivity contribution in [2.24, 2.45) is 0 Å². The van der Waals surface area contributed by atoms with Crippen molar-refractivity contribution in [2.45, 2.75) is 33.4 Å². The summed E-state index contributed by atoms with van der Waals surface area (Å²) in [6.07, 6.45) is 0. The van der Waals surface area contributed by atoms with Gasteiger partial charge in [0, 0.05) is 54.6 Å². The minimum atomic E-state index is -0.894. The van der Waals surface area contributed by atoms with E-state index in [4.69, 9.17) is 9.97 Å². The average molecular weight is 598 g/mol. The van der Waals surface area contributed by atoms with E-state index in [-0.39, 0.29) is 24.3 Å². The molecule has 6 rings (SSSR count). The summed E-state index contributed by atoms with van der Waals surface area (Å²) in [5, 5.41) is 5.65. The van der Waals surface area contributed by atoms with Crippen molar-refractivity contribution in [3.05, 3.63) is 95.1 Å². The minimum Gasteiger partial charge on any atom is -0.368 e. The molecule has 4 aromatic rings. The molecule has 0 bridgehead atoms. The molecule has 0 aliphatic carbocycles. The van der Waals surface area contributed by atoms with Crippen LogP contribution in [0.4, 0.5) is 36.7 Å². The van der Waals surface area contributed by atoms with Crippen LogP contribution in [0.15, 0.2) is 66.7 Å². The minimum absolute atomic E-state index is 0.0417. The maximum atomic E-state index is 15.1. The van der Waals surface area contributed by atoms with Gasteiger partial charge in [-0.2, -0.15) is 4.98 Å². The van der Waals surface area contributed by atoms with E-state index in [2.05, 4.69) is 27.7 Å². The molecule has 2 N–H and O–H groups in total. The molecule has 3 heterocycles. The number of carbonyl (C=O) groups excluding carboxylic acids is 2. The second-order valence-electron chi connectivity index (χ2n) is 11.2. The fraction of sp³-hybridized carbons (Fsp3) is 0.273. The van der Waals surface area contributed by atoms with Crippen LogP contribution in [-0.4, -0.2) is 54.1 Å². The van der Waals surface area contributed by atoms with Crippen molar-refractivity contribution < 1.29 is 18.4 Å². The van der Waals surface area contributed by atoms with Gasteiger partial charge in [0.15, 0.2) is 5.82 Å². The van der Waals surface area contributed by atoms with E-state index in [1.165, 1.54) is 6.07 Å². The average Bonchev–Trinajstić information content (AvgIpc) is 3.02. The van der Waals surface area contributed by atoms with Gasteiger partial charge in [-0.3, -0.25) is 4.79 Å². The number of carbonyl (C=O) groups is 2. The fourth-order valence-corrected chi connectivity index (χ4v) is 5.59. The van der Waals surface area contributed by atoms with Crippen LogP contribution in [0, 0.1) is 18.6 Å². The number of nitrogens with zero attached hydrogens (tertiary/aromatic N) is 5. The normalized spacial score (nSPS) is 14.9. The molecule has 0 saturated carbocycles. The first-order valence-corrected chi connectivity index (χ1v) is 14.6. The second-order valence-corrected chi connectivity index (χ2v) is 11.2. The maximum Gasteiger partial charge on any atom is 0.328 e. The zero-order valence-corrected chi connectivity index (χ0v) is 24.8. The van der Waals surface area contributed by atoms with Gasteiger partial charge in [0.1, 0.15) is 17.3 Å². The summed E-state index contributed by atoms with van der Waals surface area (Å²) in [6.45, 7) is 8.30. The quantitative estimate of drug-likeness (QED) is 0.303. The fourth-order valence-electron chi connectivity index (χ4n) is 5.59. The molecule has 44 heavy (non-hydrogen) atoms. The smallest absolute Gasteiger partial charge is 0.328 e. The first kappa shape index (κ1) is 29.0. The first-order chi connectivity index (χ1) is 21.2. The van der Waals surface area contributed by atoms with Gasteiger partial charge in [0.25, 0.3) is 5.91 Å². The lowest BCUT2D eigenvalue weighted by atomic mass is 9.97. The number of piperazine rings is 1. The molecule has 0 unspecified atom stereocenters. The highest BCUT2D eigenvalue weighted by molar-refractivity contribution is 6.02. The van der Waals surface area contributed by atoms with Crippen molar-refractivity contribution in [3.8, 4) is 11.3 Å². The van der Waals surface area contributed by atoms with E-state index in [0.717, 1.165) is 28.3 Å². The zero-order valence-electron chi connectivity index (χ0n) is 24.8. The number of urea groups is 1. The maximum absolute atomic E-state index is 15.1. The topological polar surface area (TPSA) is 93.7 Å². The number of halogens is 2. The molecule has 9 nitrogen and oxygen atoms in total. The molecule has 226 valence electrons. The van der Waals surface area contributed by atoms with Crippen LogP contribution < -0.4 is 25.3 Å². The monoisotopic (exact) mass is 597 g/mol. The molecule has 0 spiro atoms. The first-order valence-electron chi connectivity index (χ1n) is 14.6. The number of para-hydroxylation sites is 2. The molecular weight excluding hydrogens is 564 g/mol. The van der Waals surface area contributed by atoms with Gasteiger partial charge < -0.3 is 20.4 Å². The Kier molecular flexibility index (Phi) is 7.86. The predicted molar refractivity (Wildman–Crippen MR) is 166 cm³/mol. The number of rotatable bonds is 6. The van der Waals surface area contributed by atoms with Crippen LogP contribution in [0.5, 0.6) is 0 Å². The number of nitrogens with one attached hydrogen (secondary N) is 2. The molecule has 1 saturated heterocycles. The Bertz CT molecular complexity index is 1700. The van der Waals surface area contributed by atoms with Gasteiger partial charge in [-0.25, -0.2) is 23.5 Å². The zero-order chi connectivity index (χ0) is 31.0. The SMILES string of the molecule is Cc1ccc(C(=O)NC(C)C)cc1-c1nc(N2CCN(c3ccccc3)CC2)nc2c1CNC(=O)N2c1c(F)cccc1F. The summed E-state index contributed by atoms with van der Waals surface area (Å²) in [5.74, 6) is -1.59. The molecular formula is C33H33F2N7O2. The molecule has 0 radical (unpaired) electrons. The number of benzene rings is 3. The number of aromatic nitrogens is 2. The third kappa shape index (κ3) is 5.52. The van der Waals surface area contributed by atoms with Gasteiger partial charge in [-0.05, 0) is 62.7 Å². The molecule has 0 atom stereocenters. The lowest BCUT2D eigenvalue weighted by Crippen LogP contribution is -2.48. The summed E-state index contributed by atoms with van der Waals surface area (Å²) >= 11 is 0. The van der Waals surface area contributed by atoms with Crippen LogP contribution in [-0.2, 0) is 6.54 Å². The molecule has 2 aliphatic heterocycles. The van der Waals surface area contributed by atoms with E-state index < -0.39 is 23.4 Å². The number of amides is 3. The van der Waals surface area contributed by atoms with Gasteiger partial charge in [0.2, 0.25) is 5.95 Å². The molecule has 1 fully saturated rings. The van der Waals surface area contributed by atoms with E-state index in [1.807, 2.05) is 49.9 Å². The molecule has 3 aromatic carbocycles. The Morgan fingerprint density at radius 1 is 0.909 bits per heavy atom. The lowest BCUT2D eigenvalue weighted by molar-refractivity contribution is 0.0943. The predicted octanol–water partition coefficient (Wildman–Crippen LogP) is 5.56. The lowest BCUT2D eigenvalue weighted by Gasteiger charge is -2.37. The van der Waals surface area contributed by atoms with Crippen molar-refractivity contribution >= 4 is 35.1 Å². The second kappa shape index (κ2) is 11.9. The Labute approximate surface area is 254 Å². The molecule has 2 aliphatic rings. The van der Waals surface area contributed by atoms with Crippen molar-refractivity contribution in [1.29, 1.82) is 0 Å². The van der Waals surface area contributed by atoms with Crippen molar-refractivity contribution in [2.75, 3.05) is 40.9 Å². The van der Waals surface area contributed by atoms with Gasteiger partial charge >= 0.3 is 6.03 Å². The summed E-state index contributed by atoms with van der Waals surface area (Å²) in [6, 6.07) is 18.2. The Balaban J connectivity index is 1.48. The third-order valence-electron chi connectivity index (χ3n) is 7.82.